The van der Waals surface area contributed by atoms with Crippen LogP contribution in [-0.2, 0) is 6.54 Å². The van der Waals surface area contributed by atoms with Gasteiger partial charge in [0.05, 0.1) is 23.9 Å². The third kappa shape index (κ3) is 1.55. The molecule has 0 amide bonds. The molecule has 1 heterocycles. The number of quaternary nitrogens is 1. The van der Waals surface area contributed by atoms with Crippen LogP contribution >= 0.6 is 0 Å². The molecule has 0 saturated carbocycles. The summed E-state index contributed by atoms with van der Waals surface area (Å²) in [6.45, 7) is 2.00. The van der Waals surface area contributed by atoms with Gasteiger partial charge < -0.3 is 10.3 Å². The first-order valence-corrected chi connectivity index (χ1v) is 4.61. The SMILES string of the molecule is [NH3+]CCCn1cnc2ccccc21. The Balaban J connectivity index is 2.35. The second kappa shape index (κ2) is 3.58. The lowest BCUT2D eigenvalue weighted by Crippen LogP contribution is -2.50. The minimum atomic E-state index is 0.979. The van der Waals surface area contributed by atoms with Gasteiger partial charge in [-0.25, -0.2) is 4.98 Å². The lowest BCUT2D eigenvalue weighted by molar-refractivity contribution is -0.368. The van der Waals surface area contributed by atoms with E-state index in [2.05, 4.69) is 21.4 Å². The summed E-state index contributed by atoms with van der Waals surface area (Å²) >= 11 is 0. The van der Waals surface area contributed by atoms with Gasteiger partial charge in [0.1, 0.15) is 0 Å². The first-order chi connectivity index (χ1) is 6.42. The average molecular weight is 176 g/mol. The standard InChI is InChI=1S/C10H13N3/c11-6-3-7-13-8-12-9-4-1-2-5-10(9)13/h1-2,4-5,8H,3,6-7,11H2/p+1. The molecule has 2 rings (SSSR count). The van der Waals surface area contributed by atoms with Crippen molar-refractivity contribution >= 4 is 11.0 Å². The lowest BCUT2D eigenvalue weighted by atomic mass is 10.3. The van der Waals surface area contributed by atoms with E-state index in [1.54, 1.807) is 0 Å². The van der Waals surface area contributed by atoms with E-state index in [0.717, 1.165) is 25.0 Å². The van der Waals surface area contributed by atoms with Gasteiger partial charge in [-0.1, -0.05) is 12.1 Å². The number of aryl methyl sites for hydroxylation is 1. The second-order valence-corrected chi connectivity index (χ2v) is 3.13. The van der Waals surface area contributed by atoms with Crippen LogP contribution in [0.3, 0.4) is 0 Å². The molecule has 0 radical (unpaired) electrons. The Morgan fingerprint density at radius 3 is 3.00 bits per heavy atom. The summed E-state index contributed by atoms with van der Waals surface area (Å²) in [5.41, 5.74) is 6.13. The number of hydrogen-bond donors (Lipinski definition) is 1. The van der Waals surface area contributed by atoms with Crippen LogP contribution in [-0.4, -0.2) is 16.1 Å². The van der Waals surface area contributed by atoms with E-state index >= 15 is 0 Å². The van der Waals surface area contributed by atoms with Crippen molar-refractivity contribution in [2.75, 3.05) is 6.54 Å². The molecule has 1 aromatic carbocycles. The molecule has 0 aliphatic carbocycles. The Labute approximate surface area is 77.2 Å². The van der Waals surface area contributed by atoms with E-state index in [9.17, 15) is 0 Å². The summed E-state index contributed by atoms with van der Waals surface area (Å²) in [5.74, 6) is 0. The van der Waals surface area contributed by atoms with Crippen LogP contribution in [0.4, 0.5) is 0 Å². The zero-order valence-corrected chi connectivity index (χ0v) is 7.61. The smallest absolute Gasteiger partial charge is 0.0958 e. The van der Waals surface area contributed by atoms with Crippen molar-refractivity contribution in [1.29, 1.82) is 0 Å². The van der Waals surface area contributed by atoms with Crippen LogP contribution in [0.1, 0.15) is 6.42 Å². The molecule has 3 N–H and O–H groups in total. The number of nitrogens with zero attached hydrogens (tertiary/aromatic N) is 2. The van der Waals surface area contributed by atoms with E-state index < -0.39 is 0 Å². The molecule has 3 heteroatoms. The predicted molar refractivity (Wildman–Crippen MR) is 52.1 cm³/mol. The number of fused-ring (bicyclic) bond motifs is 1. The maximum atomic E-state index is 4.31. The summed E-state index contributed by atoms with van der Waals surface area (Å²) in [5, 5.41) is 0. The molecule has 3 nitrogen and oxygen atoms in total. The van der Waals surface area contributed by atoms with Crippen LogP contribution in [0.2, 0.25) is 0 Å². The Morgan fingerprint density at radius 1 is 1.31 bits per heavy atom. The molecule has 0 saturated heterocycles. The Bertz CT molecular complexity index is 392. The van der Waals surface area contributed by atoms with Gasteiger partial charge in [-0.05, 0) is 12.1 Å². The number of para-hydroxylation sites is 2. The minimum Gasteiger partial charge on any atom is -0.358 e. The molecule has 0 unspecified atom stereocenters. The van der Waals surface area contributed by atoms with Crippen LogP contribution < -0.4 is 5.73 Å². The van der Waals surface area contributed by atoms with E-state index in [1.807, 2.05) is 24.5 Å². The predicted octanol–water partition coefficient (Wildman–Crippen LogP) is 0.668. The molecule has 0 fully saturated rings. The molecule has 1 aromatic heterocycles. The van der Waals surface area contributed by atoms with E-state index in [-0.39, 0.29) is 0 Å². The minimum absolute atomic E-state index is 0.979. The first kappa shape index (κ1) is 8.26. The quantitative estimate of drug-likeness (QED) is 0.734. The molecular formula is C10H14N3+. The highest BCUT2D eigenvalue weighted by atomic mass is 15.0. The highest BCUT2D eigenvalue weighted by molar-refractivity contribution is 5.74. The molecule has 0 spiro atoms. The Morgan fingerprint density at radius 2 is 2.15 bits per heavy atom. The van der Waals surface area contributed by atoms with E-state index in [1.165, 1.54) is 5.52 Å². The van der Waals surface area contributed by atoms with Gasteiger partial charge in [0.2, 0.25) is 0 Å². The van der Waals surface area contributed by atoms with Crippen LogP contribution in [0.25, 0.3) is 11.0 Å². The molecule has 0 aliphatic heterocycles. The number of rotatable bonds is 3. The molecule has 2 aromatic rings. The molecule has 0 atom stereocenters. The third-order valence-corrected chi connectivity index (χ3v) is 2.18. The van der Waals surface area contributed by atoms with Gasteiger partial charge in [0, 0.05) is 13.0 Å². The lowest BCUT2D eigenvalue weighted by Gasteiger charge is -2.00. The second-order valence-electron chi connectivity index (χ2n) is 3.13. The summed E-state index contributed by atoms with van der Waals surface area (Å²) in [7, 11) is 0. The largest absolute Gasteiger partial charge is 0.358 e. The monoisotopic (exact) mass is 176 g/mol. The summed E-state index contributed by atoms with van der Waals surface area (Å²) in [4.78, 5) is 4.31. The summed E-state index contributed by atoms with van der Waals surface area (Å²) < 4.78 is 2.18. The van der Waals surface area contributed by atoms with Crippen molar-refractivity contribution in [2.45, 2.75) is 13.0 Å². The van der Waals surface area contributed by atoms with Crippen LogP contribution in [0.5, 0.6) is 0 Å². The van der Waals surface area contributed by atoms with E-state index in [0.29, 0.717) is 0 Å². The molecular weight excluding hydrogens is 162 g/mol. The molecule has 0 bridgehead atoms. The summed E-state index contributed by atoms with van der Waals surface area (Å²) in [6.07, 6.45) is 3.01. The van der Waals surface area contributed by atoms with Gasteiger partial charge in [-0.2, -0.15) is 0 Å². The van der Waals surface area contributed by atoms with Crippen molar-refractivity contribution in [3.05, 3.63) is 30.6 Å². The molecule has 0 aliphatic rings. The van der Waals surface area contributed by atoms with Gasteiger partial charge in [-0.15, -0.1) is 0 Å². The van der Waals surface area contributed by atoms with Crippen molar-refractivity contribution in [2.24, 2.45) is 0 Å². The van der Waals surface area contributed by atoms with Gasteiger partial charge in [0.15, 0.2) is 0 Å². The zero-order valence-electron chi connectivity index (χ0n) is 7.61. The maximum absolute atomic E-state index is 4.31. The first-order valence-electron chi connectivity index (χ1n) is 4.61. The fraction of sp³-hybridized carbons (Fsp3) is 0.300. The van der Waals surface area contributed by atoms with Crippen LogP contribution in [0.15, 0.2) is 30.6 Å². The summed E-state index contributed by atoms with van der Waals surface area (Å²) in [6, 6.07) is 8.20. The van der Waals surface area contributed by atoms with E-state index in [4.69, 9.17) is 0 Å². The van der Waals surface area contributed by atoms with Crippen molar-refractivity contribution in [3.63, 3.8) is 0 Å². The number of benzene rings is 1. The normalized spacial score (nSPS) is 10.8. The topological polar surface area (TPSA) is 45.5 Å². The highest BCUT2D eigenvalue weighted by Gasteiger charge is 1.99. The van der Waals surface area contributed by atoms with Crippen LogP contribution in [0, 0.1) is 0 Å². The van der Waals surface area contributed by atoms with Gasteiger partial charge in [-0.3, -0.25) is 0 Å². The van der Waals surface area contributed by atoms with Crippen molar-refractivity contribution in [3.8, 4) is 0 Å². The number of hydrogen-bond acceptors (Lipinski definition) is 1. The van der Waals surface area contributed by atoms with Gasteiger partial charge in [0.25, 0.3) is 0 Å². The Kier molecular flexibility index (Phi) is 2.27. The fourth-order valence-corrected chi connectivity index (χ4v) is 1.47. The maximum Gasteiger partial charge on any atom is 0.0958 e. The molecule has 13 heavy (non-hydrogen) atoms. The molecule has 68 valence electrons. The third-order valence-electron chi connectivity index (χ3n) is 2.18. The number of aromatic nitrogens is 2. The van der Waals surface area contributed by atoms with Gasteiger partial charge >= 0.3 is 0 Å². The van der Waals surface area contributed by atoms with Crippen molar-refractivity contribution in [1.82, 2.24) is 9.55 Å². The zero-order chi connectivity index (χ0) is 9.10. The average Bonchev–Trinajstić information content (AvgIpc) is 2.58. The Hall–Kier alpha value is -1.35. The highest BCUT2D eigenvalue weighted by Crippen LogP contribution is 2.11. The number of imidazole rings is 1. The van der Waals surface area contributed by atoms with Crippen molar-refractivity contribution < 1.29 is 5.73 Å². The fourth-order valence-electron chi connectivity index (χ4n) is 1.47.